The average molecular weight is 660 g/mol. The number of hydrogen-bond acceptors (Lipinski definition) is 2. The highest BCUT2D eigenvalue weighted by Crippen LogP contribution is 2.56. The van der Waals surface area contributed by atoms with Crippen LogP contribution in [0.4, 0.5) is 0 Å². The van der Waals surface area contributed by atoms with Gasteiger partial charge >= 0.3 is 0 Å². The van der Waals surface area contributed by atoms with Crippen molar-refractivity contribution in [3.8, 4) is 22.3 Å². The largest absolute Gasteiger partial charge is 0.291 e. The number of nitrogens with zero attached hydrogens (tertiary/aromatic N) is 3. The van der Waals surface area contributed by atoms with E-state index in [0.29, 0.717) is 0 Å². The molecule has 3 heteroatoms. The summed E-state index contributed by atoms with van der Waals surface area (Å²) in [4.78, 5) is 10.7. The van der Waals surface area contributed by atoms with Crippen molar-refractivity contribution in [3.63, 3.8) is 0 Å². The van der Waals surface area contributed by atoms with Crippen molar-refractivity contribution in [2.45, 2.75) is 5.41 Å². The summed E-state index contributed by atoms with van der Waals surface area (Å²) in [7, 11) is 0. The lowest BCUT2D eigenvalue weighted by molar-refractivity contribution is 0.768. The van der Waals surface area contributed by atoms with Crippen LogP contribution < -0.4 is 0 Å². The van der Waals surface area contributed by atoms with Crippen LogP contribution in [0.2, 0.25) is 0 Å². The highest BCUT2D eigenvalue weighted by atomic mass is 15.0. The number of benzene rings is 8. The molecule has 52 heavy (non-hydrogen) atoms. The second-order valence-corrected chi connectivity index (χ2v) is 14.1. The molecule has 11 aromatic rings. The van der Waals surface area contributed by atoms with E-state index in [1.807, 2.05) is 0 Å². The van der Waals surface area contributed by atoms with Crippen LogP contribution in [-0.4, -0.2) is 14.4 Å². The molecule has 0 fully saturated rings. The van der Waals surface area contributed by atoms with Gasteiger partial charge in [0.05, 0.1) is 27.5 Å². The first kappa shape index (κ1) is 27.9. The van der Waals surface area contributed by atoms with E-state index < -0.39 is 5.41 Å². The molecular formula is C49H29N3. The van der Waals surface area contributed by atoms with Gasteiger partial charge in [-0.3, -0.25) is 4.40 Å². The van der Waals surface area contributed by atoms with Gasteiger partial charge in [-0.15, -0.1) is 0 Å². The second-order valence-electron chi connectivity index (χ2n) is 14.1. The van der Waals surface area contributed by atoms with Crippen molar-refractivity contribution in [2.24, 2.45) is 0 Å². The predicted molar refractivity (Wildman–Crippen MR) is 214 cm³/mol. The molecule has 0 aliphatic heterocycles. The van der Waals surface area contributed by atoms with Crippen LogP contribution in [0.25, 0.3) is 82.4 Å². The lowest BCUT2D eigenvalue weighted by Crippen LogP contribution is -2.28. The highest BCUT2D eigenvalue weighted by Gasteiger charge is 2.46. The molecule has 0 atom stereocenters. The SMILES string of the molecule is c1ccc(C2(c3ccccc3)c3ccccc3-c3cc(-c4cc5c6ccccc6n6c7nc8ccc9ccccc9c8nc7c(c4)c56)ccc32)cc1. The molecular weight excluding hydrogens is 631 g/mol. The van der Waals surface area contributed by atoms with E-state index in [-0.39, 0.29) is 0 Å². The maximum absolute atomic E-state index is 5.43. The summed E-state index contributed by atoms with van der Waals surface area (Å²) in [6, 6.07) is 64.3. The topological polar surface area (TPSA) is 30.2 Å². The smallest absolute Gasteiger partial charge is 0.165 e. The minimum Gasteiger partial charge on any atom is -0.291 e. The lowest BCUT2D eigenvalue weighted by atomic mass is 9.67. The molecule has 0 amide bonds. The minimum absolute atomic E-state index is 0.420. The van der Waals surface area contributed by atoms with Gasteiger partial charge in [-0.25, -0.2) is 9.97 Å². The lowest BCUT2D eigenvalue weighted by Gasteiger charge is -2.33. The average Bonchev–Trinajstić information content (AvgIpc) is 3.83. The summed E-state index contributed by atoms with van der Waals surface area (Å²) < 4.78 is 2.33. The molecule has 12 rings (SSSR count). The van der Waals surface area contributed by atoms with Gasteiger partial charge in [0.1, 0.15) is 5.52 Å². The van der Waals surface area contributed by atoms with Gasteiger partial charge in [-0.1, -0.05) is 146 Å². The van der Waals surface area contributed by atoms with Crippen LogP contribution in [0.3, 0.4) is 0 Å². The fraction of sp³-hybridized carbons (Fsp3) is 0.0204. The first-order valence-corrected chi connectivity index (χ1v) is 17.9. The third kappa shape index (κ3) is 3.49. The van der Waals surface area contributed by atoms with Crippen molar-refractivity contribution in [1.29, 1.82) is 0 Å². The van der Waals surface area contributed by atoms with Crippen molar-refractivity contribution in [3.05, 3.63) is 198 Å². The number of hydrogen-bond donors (Lipinski definition) is 0. The second kappa shape index (κ2) is 10.1. The highest BCUT2D eigenvalue weighted by molar-refractivity contribution is 6.24. The first-order valence-electron chi connectivity index (χ1n) is 17.9. The van der Waals surface area contributed by atoms with Crippen molar-refractivity contribution < 1.29 is 0 Å². The Kier molecular flexibility index (Phi) is 5.43. The van der Waals surface area contributed by atoms with E-state index in [9.17, 15) is 0 Å². The van der Waals surface area contributed by atoms with Gasteiger partial charge < -0.3 is 0 Å². The molecule has 1 aliphatic carbocycles. The predicted octanol–water partition coefficient (Wildman–Crippen LogP) is 12.0. The third-order valence-corrected chi connectivity index (χ3v) is 11.6. The summed E-state index contributed by atoms with van der Waals surface area (Å²) in [5, 5.41) is 5.88. The number of para-hydroxylation sites is 1. The Hall–Kier alpha value is -6.84. The number of aromatic nitrogens is 3. The summed E-state index contributed by atoms with van der Waals surface area (Å²) in [6.07, 6.45) is 0. The summed E-state index contributed by atoms with van der Waals surface area (Å²) in [5.41, 5.74) is 15.7. The molecule has 0 spiro atoms. The van der Waals surface area contributed by atoms with Gasteiger partial charge in [-0.05, 0) is 80.2 Å². The Morgan fingerprint density at radius 3 is 1.92 bits per heavy atom. The van der Waals surface area contributed by atoms with Gasteiger partial charge in [0.2, 0.25) is 0 Å². The zero-order valence-electron chi connectivity index (χ0n) is 28.1. The molecule has 8 aromatic carbocycles. The summed E-state index contributed by atoms with van der Waals surface area (Å²) >= 11 is 0. The van der Waals surface area contributed by atoms with Gasteiger partial charge in [0.25, 0.3) is 0 Å². The van der Waals surface area contributed by atoms with Crippen LogP contribution >= 0.6 is 0 Å². The number of fused-ring (bicyclic) bond motifs is 12. The van der Waals surface area contributed by atoms with E-state index in [2.05, 4.69) is 180 Å². The molecule has 0 unspecified atom stereocenters. The summed E-state index contributed by atoms with van der Waals surface area (Å²) in [5.74, 6) is 0. The molecule has 0 N–H and O–H groups in total. The maximum atomic E-state index is 5.43. The molecule has 0 bridgehead atoms. The van der Waals surface area contributed by atoms with Crippen molar-refractivity contribution in [2.75, 3.05) is 0 Å². The Morgan fingerprint density at radius 1 is 0.423 bits per heavy atom. The standard InChI is InChI=1S/C49H29N3/c1-3-14-33(15-4-1)49(34-16-5-2-6-17-34)41-21-11-9-19-36(41)38-27-31(23-25-42(38)49)32-28-39-37-20-10-12-22-44(37)52-47(39)40(29-32)46-48(52)50-43-26-24-30-13-7-8-18-35(30)45(43)51-46/h1-29H. The maximum Gasteiger partial charge on any atom is 0.165 e. The molecule has 3 nitrogen and oxygen atoms in total. The molecule has 0 saturated heterocycles. The Labute approximate surface area is 299 Å². The molecule has 1 aliphatic rings. The first-order chi connectivity index (χ1) is 25.8. The van der Waals surface area contributed by atoms with Crippen LogP contribution in [0.15, 0.2) is 176 Å². The normalized spacial score (nSPS) is 13.5. The zero-order valence-corrected chi connectivity index (χ0v) is 28.1. The fourth-order valence-electron chi connectivity index (χ4n) is 9.41. The quantitative estimate of drug-likeness (QED) is 0.177. The van der Waals surface area contributed by atoms with Crippen LogP contribution in [0.1, 0.15) is 22.3 Å². The van der Waals surface area contributed by atoms with Crippen LogP contribution in [0.5, 0.6) is 0 Å². The Morgan fingerprint density at radius 2 is 1.10 bits per heavy atom. The fourth-order valence-corrected chi connectivity index (χ4v) is 9.41. The molecule has 240 valence electrons. The van der Waals surface area contributed by atoms with E-state index in [1.165, 1.54) is 66.2 Å². The van der Waals surface area contributed by atoms with Gasteiger partial charge in [0.15, 0.2) is 5.65 Å². The van der Waals surface area contributed by atoms with Crippen molar-refractivity contribution in [1.82, 2.24) is 14.4 Å². The molecule has 0 radical (unpaired) electrons. The van der Waals surface area contributed by atoms with Gasteiger partial charge in [-0.2, -0.15) is 0 Å². The Bertz CT molecular complexity index is 3190. The molecule has 0 saturated carbocycles. The van der Waals surface area contributed by atoms with Gasteiger partial charge in [0, 0.05) is 21.5 Å². The monoisotopic (exact) mass is 659 g/mol. The molecule has 3 aromatic heterocycles. The molecule has 3 heterocycles. The zero-order chi connectivity index (χ0) is 34.0. The van der Waals surface area contributed by atoms with E-state index in [1.54, 1.807) is 0 Å². The van der Waals surface area contributed by atoms with Crippen LogP contribution in [-0.2, 0) is 5.41 Å². The van der Waals surface area contributed by atoms with E-state index in [0.717, 1.165) is 38.5 Å². The van der Waals surface area contributed by atoms with Crippen LogP contribution in [0, 0.1) is 0 Å². The van der Waals surface area contributed by atoms with E-state index in [4.69, 9.17) is 9.97 Å². The van der Waals surface area contributed by atoms with Crippen molar-refractivity contribution >= 4 is 60.2 Å². The third-order valence-electron chi connectivity index (χ3n) is 11.6. The number of rotatable bonds is 3. The summed E-state index contributed by atoms with van der Waals surface area (Å²) in [6.45, 7) is 0. The van der Waals surface area contributed by atoms with E-state index >= 15 is 0 Å². The minimum atomic E-state index is -0.420. The Balaban J connectivity index is 1.16.